The Kier molecular flexibility index (Phi) is 40.4. The molecule has 0 radical (unpaired) electrons. The standard InChI is InChI=1S/C27H29N5O3S.C21H25N3O2S.C13H17N3O2S.C8H8N2S.C8H8O.C7H6N2OS.C6H13NO2.BBr3/c28-22-3-1-2-4-23(22)30-26(33)20-7-5-19(6-8-20)18-29-27-31-24-10-9-21(17-25(24)36-27)35-16-13-32-11-14-34-15-12-32;1-16-2-4-17(5-3-16)15-22-21-23-19-7-6-18(14-20(19)27-21)26-13-10-24-8-11-25-12-9-24;14-13-15-11-2-1-10(9-12(11)19-13)18-8-5-16-3-6-17-7-4-16;1-5-2-3-6-7(4-5)11-8(9)10-6;1-7-2-4-8(6-9)5-3-7;8-7-9-5-2-1-4(10)3-6(5)11-7;8-4-1-7-2-5-9-6-3-7;2-1(3)4/h1-10,17H,11-16,18,28H2,(H,29,31)(H,30,33);2-7,14H,8-13,15H2,1H3,(H,22,23);1-2,9H,3-8H2,(H2,14,15);2-4H,1H3,(H2,9,10);2-6H,1H3;1-3,10H,(H2,8,9);8H,1-6H2;. The van der Waals surface area contributed by atoms with Crippen LogP contribution in [-0.4, -0.2) is 228 Å². The number of hydrogen-bond acceptors (Lipinski definition) is 31. The lowest BCUT2D eigenvalue weighted by Crippen LogP contribution is -2.38. The zero-order valence-electron chi connectivity index (χ0n) is 70.5. The summed E-state index contributed by atoms with van der Waals surface area (Å²) in [5, 5.41) is 30.8. The topological polar surface area (TPSA) is 357 Å². The zero-order valence-corrected chi connectivity index (χ0v) is 79.4. The number of aromatic nitrogens is 5. The molecule has 0 spiro atoms. The second-order valence-corrected chi connectivity index (χ2v) is 40.7. The Labute approximate surface area is 779 Å². The van der Waals surface area contributed by atoms with Gasteiger partial charge in [-0.2, -0.15) is 0 Å². The molecular weight excluding hydrogens is 1890 g/mol. The van der Waals surface area contributed by atoms with Crippen LogP contribution in [-0.2, 0) is 32.0 Å². The number of β-amino-alcohol motifs (C(OH)–C–C–N with tert-alkyl or cyclic N) is 1. The number of nitrogens with zero attached hydrogens (tertiary/aromatic N) is 9. The lowest BCUT2D eigenvalue weighted by atomic mass is 10.1. The summed E-state index contributed by atoms with van der Waals surface area (Å²) in [5.41, 5.74) is 35.8. The molecule has 5 aromatic heterocycles. The number of rotatable bonds is 23. The van der Waals surface area contributed by atoms with Gasteiger partial charge in [-0.25, -0.2) is 24.9 Å². The third-order valence-corrected chi connectivity index (χ3v) is 24.0. The van der Waals surface area contributed by atoms with Gasteiger partial charge in [-0.05, 0) is 147 Å². The summed E-state index contributed by atoms with van der Waals surface area (Å²) in [6, 6.07) is 59.9. The number of amides is 1. The number of nitrogens with one attached hydrogen (secondary N) is 3. The molecule has 4 saturated heterocycles. The number of carbonyl (C=O) groups excluding carboxylic acids is 2. The maximum atomic E-state index is 12.5. The smallest absolute Gasteiger partial charge is 0.369 e. The van der Waals surface area contributed by atoms with Gasteiger partial charge < -0.3 is 82.3 Å². The molecule has 0 saturated carbocycles. The van der Waals surface area contributed by atoms with Gasteiger partial charge in [-0.3, -0.25) is 29.2 Å². The first kappa shape index (κ1) is 97.3. The molecule has 1 amide bonds. The predicted molar refractivity (Wildman–Crippen MR) is 531 cm³/mol. The fourth-order valence-corrected chi connectivity index (χ4v) is 16.9. The molecule has 9 aromatic carbocycles. The number of thiazole rings is 5. The van der Waals surface area contributed by atoms with E-state index in [9.17, 15) is 9.59 Å². The maximum absolute atomic E-state index is 12.5. The highest BCUT2D eigenvalue weighted by molar-refractivity contribution is 9.69. The van der Waals surface area contributed by atoms with Gasteiger partial charge in [0.1, 0.15) is 49.1 Å². The summed E-state index contributed by atoms with van der Waals surface area (Å²) in [7, 11) is 0. The molecule has 18 rings (SSSR count). The average molecular weight is 2000 g/mol. The van der Waals surface area contributed by atoms with Crippen molar-refractivity contribution < 1.29 is 53.0 Å². The first-order chi connectivity index (χ1) is 61.2. The van der Waals surface area contributed by atoms with Gasteiger partial charge in [-0.15, -0.1) is 47.3 Å². The van der Waals surface area contributed by atoms with Gasteiger partial charge >= 0.3 is 3.18 Å². The number of carbonyl (C=O) groups is 2. The fraction of sp³-hybridized carbons (Fsp3) is 0.322. The van der Waals surface area contributed by atoms with Gasteiger partial charge in [0.2, 0.25) is 0 Å². The highest BCUT2D eigenvalue weighted by Gasteiger charge is 2.17. The van der Waals surface area contributed by atoms with Crippen LogP contribution in [0.15, 0.2) is 188 Å². The van der Waals surface area contributed by atoms with E-state index in [0.717, 1.165) is 229 Å². The van der Waals surface area contributed by atoms with Crippen LogP contribution in [0, 0.1) is 20.8 Å². The number of aldehydes is 1. The van der Waals surface area contributed by atoms with Crippen molar-refractivity contribution in [2.75, 3.05) is 197 Å². The molecule has 126 heavy (non-hydrogen) atoms. The van der Waals surface area contributed by atoms with Gasteiger partial charge in [0.25, 0.3) is 5.91 Å². The molecule has 4 aliphatic heterocycles. The van der Waals surface area contributed by atoms with Crippen molar-refractivity contribution in [3.8, 4) is 23.0 Å². The highest BCUT2D eigenvalue weighted by atomic mass is 79.9. The van der Waals surface area contributed by atoms with Crippen molar-refractivity contribution in [1.82, 2.24) is 44.5 Å². The molecule has 4 fully saturated rings. The number of morpholine rings is 4. The van der Waals surface area contributed by atoms with E-state index in [1.807, 2.05) is 128 Å². The van der Waals surface area contributed by atoms with E-state index in [2.05, 4.69) is 158 Å². The minimum Gasteiger partial charge on any atom is -0.508 e. The summed E-state index contributed by atoms with van der Waals surface area (Å²) in [4.78, 5) is 53.7. The predicted octanol–water partition coefficient (Wildman–Crippen LogP) is 17.0. The molecular formula is C90H106BBr3N16O11S5. The number of phenols is 1. The van der Waals surface area contributed by atoms with Crippen LogP contribution in [0.3, 0.4) is 0 Å². The van der Waals surface area contributed by atoms with Crippen molar-refractivity contribution in [2.45, 2.75) is 33.9 Å². The second kappa shape index (κ2) is 52.3. The van der Waals surface area contributed by atoms with Gasteiger partial charge in [-0.1, -0.05) is 147 Å². The molecule has 666 valence electrons. The van der Waals surface area contributed by atoms with Crippen LogP contribution in [0.25, 0.3) is 51.1 Å². The first-order valence-corrected chi connectivity index (χ1v) is 47.9. The Balaban J connectivity index is 0.000000151. The van der Waals surface area contributed by atoms with Crippen LogP contribution in [0.4, 0.5) is 37.0 Å². The van der Waals surface area contributed by atoms with Crippen LogP contribution in [0.5, 0.6) is 23.0 Å². The number of aliphatic hydroxyl groups excluding tert-OH is 1. The van der Waals surface area contributed by atoms with Crippen LogP contribution in [0.2, 0.25) is 0 Å². The number of nitrogen functional groups attached to an aromatic ring is 4. The molecule has 0 atom stereocenters. The van der Waals surface area contributed by atoms with Crippen LogP contribution < -0.4 is 53.1 Å². The first-order valence-electron chi connectivity index (χ1n) is 41.1. The average Bonchev–Trinajstić information content (AvgIpc) is 1.70. The van der Waals surface area contributed by atoms with E-state index in [1.54, 1.807) is 53.0 Å². The minimum atomic E-state index is -0.193. The molecule has 0 unspecified atom stereocenters. The van der Waals surface area contributed by atoms with E-state index in [0.29, 0.717) is 58.7 Å². The fourth-order valence-electron chi connectivity index (χ4n) is 12.7. The largest absolute Gasteiger partial charge is 0.508 e. The summed E-state index contributed by atoms with van der Waals surface area (Å²) in [6.07, 6.45) is 0.847. The van der Waals surface area contributed by atoms with Crippen molar-refractivity contribution in [1.29, 1.82) is 0 Å². The Bertz CT molecular complexity index is 5540. The normalized spacial score (nSPS) is 14.1. The number of aromatic hydroxyl groups is 1. The maximum Gasteiger partial charge on any atom is 0.369 e. The van der Waals surface area contributed by atoms with E-state index in [1.165, 1.54) is 61.0 Å². The SMILES string of the molecule is BrB(Br)Br.Cc1ccc(C=O)cc1.Cc1ccc(CNc2nc3ccc(OCCN4CCOCC4)cc3s2)cc1.Cc1ccc2nc(N)sc2c1.Nc1ccccc1NC(=O)c1ccc(CNc2nc3ccc(OCCN4CCOCC4)cc3s2)cc1.Nc1nc2ccc(O)cc2s1.Nc1nc2ccc(OCCN3CCOCC3)cc2s1.OCCN1CCOCC1. The number of fused-ring (bicyclic) bond motifs is 5. The molecule has 9 heterocycles. The Morgan fingerprint density at radius 3 is 1.21 bits per heavy atom. The number of nitrogens with two attached hydrogens (primary N) is 4. The number of anilines is 7. The van der Waals surface area contributed by atoms with Crippen molar-refractivity contribution >= 4 is 207 Å². The van der Waals surface area contributed by atoms with Gasteiger partial charge in [0, 0.05) is 103 Å². The lowest BCUT2D eigenvalue weighted by molar-refractivity contribution is 0.0306. The highest BCUT2D eigenvalue weighted by Crippen LogP contribution is 2.34. The Morgan fingerprint density at radius 2 is 0.794 bits per heavy atom. The number of benzene rings is 9. The van der Waals surface area contributed by atoms with Crippen LogP contribution in [0.1, 0.15) is 48.5 Å². The third kappa shape index (κ3) is 33.7. The zero-order chi connectivity index (χ0) is 88.8. The number of phenolic OH excluding ortho intramolecular Hbond substituents is 1. The summed E-state index contributed by atoms with van der Waals surface area (Å²) >= 11 is 17.0. The van der Waals surface area contributed by atoms with Crippen molar-refractivity contribution in [3.63, 3.8) is 0 Å². The molecule has 0 aliphatic carbocycles. The molecule has 13 N–H and O–H groups in total. The lowest BCUT2D eigenvalue weighted by Gasteiger charge is -2.26. The Morgan fingerprint density at radius 1 is 0.444 bits per heavy atom. The number of halogens is 3. The summed E-state index contributed by atoms with van der Waals surface area (Å²) in [6.45, 7) is 27.8. The number of aryl methyl sites for hydroxylation is 3. The second-order valence-electron chi connectivity index (χ2n) is 29.0. The van der Waals surface area contributed by atoms with Gasteiger partial charge in [0.05, 0.1) is 122 Å². The van der Waals surface area contributed by atoms with E-state index in [-0.39, 0.29) is 21.4 Å². The number of hydrogen-bond donors (Lipinski definition) is 9. The van der Waals surface area contributed by atoms with E-state index < -0.39 is 0 Å². The quantitative estimate of drug-likeness (QED) is 0.0163. The third-order valence-electron chi connectivity index (χ3n) is 19.6. The minimum absolute atomic E-state index is 0.193. The Hall–Kier alpha value is -9.29. The van der Waals surface area contributed by atoms with E-state index in [4.69, 9.17) is 66.3 Å². The monoisotopic (exact) mass is 1990 g/mol. The van der Waals surface area contributed by atoms with Gasteiger partial charge in [0.15, 0.2) is 25.7 Å². The number of para-hydroxylation sites is 2. The summed E-state index contributed by atoms with van der Waals surface area (Å²) in [5.74, 6) is 2.70. The molecule has 0 bridgehead atoms. The number of ether oxygens (including phenoxy) is 7. The molecule has 36 heteroatoms. The molecule has 27 nitrogen and oxygen atoms in total. The molecule has 4 aliphatic rings. The molecule has 14 aromatic rings. The number of aliphatic hydroxyl groups is 1. The summed E-state index contributed by atoms with van der Waals surface area (Å²) < 4.78 is 44.5. The van der Waals surface area contributed by atoms with Crippen molar-refractivity contribution in [2.24, 2.45) is 0 Å². The van der Waals surface area contributed by atoms with E-state index >= 15 is 0 Å². The van der Waals surface area contributed by atoms with Crippen molar-refractivity contribution in [3.05, 3.63) is 227 Å². The van der Waals surface area contributed by atoms with Crippen LogP contribution >= 0.6 is 104 Å².